The molecule has 1 rings (SSSR count). The summed E-state index contributed by atoms with van der Waals surface area (Å²) in [5.74, 6) is 1.48. The van der Waals surface area contributed by atoms with Gasteiger partial charge >= 0.3 is 0 Å². The van der Waals surface area contributed by atoms with Crippen molar-refractivity contribution in [3.8, 4) is 0 Å². The van der Waals surface area contributed by atoms with Crippen molar-refractivity contribution in [1.29, 1.82) is 0 Å². The largest absolute Gasteiger partial charge is 0.326 e. The zero-order chi connectivity index (χ0) is 7.56. The van der Waals surface area contributed by atoms with Gasteiger partial charge in [-0.2, -0.15) is 0 Å². The molecule has 0 spiro atoms. The number of likely N-dealkylation sites (tertiary alicyclic amines) is 1. The van der Waals surface area contributed by atoms with Crippen LogP contribution in [0.4, 0.5) is 0 Å². The van der Waals surface area contributed by atoms with Gasteiger partial charge in [-0.3, -0.25) is 0 Å². The van der Waals surface area contributed by atoms with Gasteiger partial charge in [0.25, 0.3) is 0 Å². The van der Waals surface area contributed by atoms with Crippen molar-refractivity contribution in [2.75, 3.05) is 19.6 Å². The summed E-state index contributed by atoms with van der Waals surface area (Å²) in [6, 6.07) is 0.430. The maximum Gasteiger partial charge on any atom is 0.0180 e. The molecule has 1 aliphatic rings. The Balaban J connectivity index is 2.18. The van der Waals surface area contributed by atoms with Crippen molar-refractivity contribution in [3.63, 3.8) is 0 Å². The topological polar surface area (TPSA) is 29.3 Å². The molecule has 0 aromatic carbocycles. The normalized spacial score (nSPS) is 28.2. The van der Waals surface area contributed by atoms with Crippen LogP contribution in [0.1, 0.15) is 20.3 Å². The molecule has 59 valence electrons. The molecule has 0 aliphatic carbocycles. The van der Waals surface area contributed by atoms with Gasteiger partial charge in [0.1, 0.15) is 0 Å². The van der Waals surface area contributed by atoms with Crippen LogP contribution >= 0.6 is 0 Å². The molecule has 0 aromatic rings. The van der Waals surface area contributed by atoms with Crippen LogP contribution in [0.15, 0.2) is 0 Å². The average Bonchev–Trinajstić information content (AvgIpc) is 2.13. The standard InChI is InChI=1S/C8H17N2/c1-7(2)5-10-4-3-8(9)6-10/h8H,3-6,9H2,1-2H3/t8-/m0/s1. The molecule has 0 saturated carbocycles. The number of nitrogens with zero attached hydrogens (tertiary/aromatic N) is 1. The van der Waals surface area contributed by atoms with Gasteiger partial charge in [0, 0.05) is 19.1 Å². The highest BCUT2D eigenvalue weighted by molar-refractivity contribution is 4.87. The van der Waals surface area contributed by atoms with Crippen LogP contribution < -0.4 is 5.73 Å². The zero-order valence-electron chi connectivity index (χ0n) is 6.93. The molecular formula is C8H17N2. The highest BCUT2D eigenvalue weighted by Gasteiger charge is 2.18. The molecule has 0 aromatic heterocycles. The minimum atomic E-state index is 0.430. The third-order valence-corrected chi connectivity index (χ3v) is 1.85. The first-order valence-corrected chi connectivity index (χ1v) is 3.95. The van der Waals surface area contributed by atoms with Gasteiger partial charge in [0.05, 0.1) is 0 Å². The SMILES string of the molecule is C[C](C)CN1CC[C@H](N)C1. The lowest BCUT2D eigenvalue weighted by molar-refractivity contribution is 0.347. The van der Waals surface area contributed by atoms with Gasteiger partial charge in [0.2, 0.25) is 0 Å². The molecular weight excluding hydrogens is 124 g/mol. The molecule has 10 heavy (non-hydrogen) atoms. The molecule has 1 atom stereocenters. The van der Waals surface area contributed by atoms with E-state index in [-0.39, 0.29) is 0 Å². The van der Waals surface area contributed by atoms with E-state index in [1.807, 2.05) is 0 Å². The number of hydrogen-bond donors (Lipinski definition) is 1. The molecule has 1 aliphatic heterocycles. The van der Waals surface area contributed by atoms with E-state index in [1.165, 1.54) is 18.9 Å². The number of hydrogen-bond acceptors (Lipinski definition) is 2. The number of rotatable bonds is 2. The van der Waals surface area contributed by atoms with Crippen molar-refractivity contribution >= 4 is 0 Å². The lowest BCUT2D eigenvalue weighted by Crippen LogP contribution is -2.28. The summed E-state index contributed by atoms with van der Waals surface area (Å²) in [6.45, 7) is 7.75. The summed E-state index contributed by atoms with van der Waals surface area (Å²) in [6.07, 6.45) is 1.17. The van der Waals surface area contributed by atoms with Crippen molar-refractivity contribution in [2.45, 2.75) is 26.3 Å². The van der Waals surface area contributed by atoms with Crippen molar-refractivity contribution in [3.05, 3.63) is 5.92 Å². The highest BCUT2D eigenvalue weighted by atomic mass is 15.2. The van der Waals surface area contributed by atoms with Crippen LogP contribution in [0.3, 0.4) is 0 Å². The second-order valence-corrected chi connectivity index (χ2v) is 3.49. The Labute approximate surface area is 63.4 Å². The van der Waals surface area contributed by atoms with Crippen molar-refractivity contribution in [1.82, 2.24) is 4.90 Å². The quantitative estimate of drug-likeness (QED) is 0.611. The average molecular weight is 141 g/mol. The fourth-order valence-electron chi connectivity index (χ4n) is 1.45. The van der Waals surface area contributed by atoms with Gasteiger partial charge in [-0.15, -0.1) is 0 Å². The molecule has 0 bridgehead atoms. The van der Waals surface area contributed by atoms with Crippen LogP contribution in [0.2, 0.25) is 0 Å². The molecule has 1 saturated heterocycles. The Morgan fingerprint density at radius 3 is 2.70 bits per heavy atom. The Morgan fingerprint density at radius 1 is 1.60 bits per heavy atom. The molecule has 2 heteroatoms. The van der Waals surface area contributed by atoms with Crippen molar-refractivity contribution < 1.29 is 0 Å². The van der Waals surface area contributed by atoms with E-state index >= 15 is 0 Å². The Kier molecular flexibility index (Phi) is 2.69. The summed E-state index contributed by atoms with van der Waals surface area (Å²) in [4.78, 5) is 2.42. The predicted molar refractivity (Wildman–Crippen MR) is 43.6 cm³/mol. The summed E-state index contributed by atoms with van der Waals surface area (Å²) in [5, 5.41) is 0. The Morgan fingerprint density at radius 2 is 2.30 bits per heavy atom. The predicted octanol–water partition coefficient (Wildman–Crippen LogP) is 0.634. The van der Waals surface area contributed by atoms with E-state index in [2.05, 4.69) is 18.7 Å². The first-order valence-electron chi connectivity index (χ1n) is 3.95. The smallest absolute Gasteiger partial charge is 0.0180 e. The first-order chi connectivity index (χ1) is 4.68. The van der Waals surface area contributed by atoms with Gasteiger partial charge in [0.15, 0.2) is 0 Å². The fraction of sp³-hybridized carbons (Fsp3) is 0.875. The van der Waals surface area contributed by atoms with Crippen molar-refractivity contribution in [2.24, 2.45) is 5.73 Å². The van der Waals surface area contributed by atoms with Crippen LogP contribution in [-0.2, 0) is 0 Å². The molecule has 2 N–H and O–H groups in total. The highest BCUT2D eigenvalue weighted by Crippen LogP contribution is 2.09. The summed E-state index contributed by atoms with van der Waals surface area (Å²) in [7, 11) is 0. The molecule has 1 fully saturated rings. The van der Waals surface area contributed by atoms with Crippen LogP contribution in [0.5, 0.6) is 0 Å². The van der Waals surface area contributed by atoms with E-state index in [1.54, 1.807) is 0 Å². The monoisotopic (exact) mass is 141 g/mol. The van der Waals surface area contributed by atoms with E-state index in [0.717, 1.165) is 13.1 Å². The molecule has 1 heterocycles. The van der Waals surface area contributed by atoms with Crippen LogP contribution in [0.25, 0.3) is 0 Å². The van der Waals surface area contributed by atoms with Crippen LogP contribution in [-0.4, -0.2) is 30.6 Å². The second kappa shape index (κ2) is 3.35. The molecule has 0 amide bonds. The molecule has 2 nitrogen and oxygen atoms in total. The summed E-state index contributed by atoms with van der Waals surface area (Å²) >= 11 is 0. The summed E-state index contributed by atoms with van der Waals surface area (Å²) in [5.41, 5.74) is 5.75. The third-order valence-electron chi connectivity index (χ3n) is 1.85. The Hall–Kier alpha value is -0.0800. The fourth-order valence-corrected chi connectivity index (χ4v) is 1.45. The summed E-state index contributed by atoms with van der Waals surface area (Å²) < 4.78 is 0. The van der Waals surface area contributed by atoms with Crippen LogP contribution in [0, 0.1) is 5.92 Å². The van der Waals surface area contributed by atoms with Gasteiger partial charge in [-0.1, -0.05) is 13.8 Å². The molecule has 0 unspecified atom stereocenters. The maximum absolute atomic E-state index is 5.75. The lowest BCUT2D eigenvalue weighted by Gasteiger charge is -2.16. The van der Waals surface area contributed by atoms with E-state index in [4.69, 9.17) is 5.73 Å². The third kappa shape index (κ3) is 2.27. The van der Waals surface area contributed by atoms with Gasteiger partial charge in [-0.05, 0) is 18.9 Å². The van der Waals surface area contributed by atoms with E-state index in [9.17, 15) is 0 Å². The first kappa shape index (κ1) is 8.02. The number of nitrogens with two attached hydrogens (primary N) is 1. The van der Waals surface area contributed by atoms with E-state index < -0.39 is 0 Å². The van der Waals surface area contributed by atoms with E-state index in [0.29, 0.717) is 6.04 Å². The van der Waals surface area contributed by atoms with Gasteiger partial charge < -0.3 is 10.6 Å². The second-order valence-electron chi connectivity index (χ2n) is 3.49. The minimum absolute atomic E-state index is 0.430. The molecule has 1 radical (unpaired) electrons. The zero-order valence-corrected chi connectivity index (χ0v) is 6.93. The van der Waals surface area contributed by atoms with Gasteiger partial charge in [-0.25, -0.2) is 0 Å². The minimum Gasteiger partial charge on any atom is -0.326 e. The Bertz CT molecular complexity index is 101. The maximum atomic E-state index is 5.75. The lowest BCUT2D eigenvalue weighted by atomic mass is 10.2.